The number of benzene rings is 1. The second-order valence-corrected chi connectivity index (χ2v) is 8.05. The topological polar surface area (TPSA) is 46.2 Å². The van der Waals surface area contributed by atoms with Gasteiger partial charge in [0.05, 0.1) is 5.02 Å². The van der Waals surface area contributed by atoms with Gasteiger partial charge in [-0.3, -0.25) is 0 Å². The first-order valence-electron chi connectivity index (χ1n) is 6.02. The molecule has 1 saturated carbocycles. The Kier molecular flexibility index (Phi) is 5.17. The molecule has 0 spiro atoms. The lowest BCUT2D eigenvalue weighted by Crippen LogP contribution is -2.42. The van der Waals surface area contributed by atoms with Crippen LogP contribution in [0.15, 0.2) is 27.6 Å². The minimum atomic E-state index is -3.67. The van der Waals surface area contributed by atoms with Crippen molar-refractivity contribution in [2.24, 2.45) is 0 Å². The number of nitrogens with one attached hydrogen (secondary N) is 1. The highest BCUT2D eigenvalue weighted by molar-refractivity contribution is 9.10. The minimum absolute atomic E-state index is 0.0751. The fourth-order valence-electron chi connectivity index (χ4n) is 2.22. The zero-order valence-corrected chi connectivity index (χ0v) is 14.0. The van der Waals surface area contributed by atoms with Crippen molar-refractivity contribution in [2.75, 3.05) is 0 Å². The summed E-state index contributed by atoms with van der Waals surface area (Å²) in [5, 5.41) is 0.0357. The van der Waals surface area contributed by atoms with Crippen LogP contribution in [0.5, 0.6) is 0 Å². The maximum Gasteiger partial charge on any atom is 0.243 e. The van der Waals surface area contributed by atoms with E-state index in [0.29, 0.717) is 4.47 Å². The Balaban J connectivity index is 2.27. The van der Waals surface area contributed by atoms with Gasteiger partial charge in [0.25, 0.3) is 0 Å². The molecule has 0 aliphatic heterocycles. The van der Waals surface area contributed by atoms with E-state index in [4.69, 9.17) is 23.2 Å². The predicted molar refractivity (Wildman–Crippen MR) is 81.4 cm³/mol. The highest BCUT2D eigenvalue weighted by atomic mass is 79.9. The Morgan fingerprint density at radius 3 is 2.58 bits per heavy atom. The molecule has 1 aromatic rings. The Hall–Kier alpha value is 0.190. The summed E-state index contributed by atoms with van der Waals surface area (Å²) >= 11 is 15.4. The molecule has 1 aliphatic carbocycles. The Morgan fingerprint density at radius 2 is 1.95 bits per heavy atom. The summed E-state index contributed by atoms with van der Waals surface area (Å²) in [7, 11) is -3.67. The smallest absolute Gasteiger partial charge is 0.207 e. The van der Waals surface area contributed by atoms with E-state index in [2.05, 4.69) is 20.7 Å². The molecule has 1 aliphatic rings. The van der Waals surface area contributed by atoms with Gasteiger partial charge in [-0.1, -0.05) is 30.5 Å². The van der Waals surface area contributed by atoms with Crippen molar-refractivity contribution in [3.05, 3.63) is 27.7 Å². The van der Waals surface area contributed by atoms with E-state index in [9.17, 15) is 8.42 Å². The zero-order chi connectivity index (χ0) is 14.0. The number of alkyl halides is 1. The van der Waals surface area contributed by atoms with Crippen molar-refractivity contribution in [1.29, 1.82) is 0 Å². The monoisotopic (exact) mass is 385 g/mol. The van der Waals surface area contributed by atoms with E-state index in [0.717, 1.165) is 25.7 Å². The van der Waals surface area contributed by atoms with Gasteiger partial charge in [0, 0.05) is 15.9 Å². The molecule has 3 nitrogen and oxygen atoms in total. The molecule has 0 aromatic heterocycles. The Labute approximate surface area is 131 Å². The maximum atomic E-state index is 12.4. The van der Waals surface area contributed by atoms with Crippen LogP contribution in [0.2, 0.25) is 5.02 Å². The van der Waals surface area contributed by atoms with Crippen molar-refractivity contribution >= 4 is 49.2 Å². The first-order chi connectivity index (χ1) is 8.92. The average Bonchev–Trinajstić information content (AvgIpc) is 2.31. The molecule has 2 atom stereocenters. The third-order valence-electron chi connectivity index (χ3n) is 3.18. The van der Waals surface area contributed by atoms with Gasteiger partial charge >= 0.3 is 0 Å². The van der Waals surface area contributed by atoms with Crippen LogP contribution >= 0.6 is 39.1 Å². The lowest BCUT2D eigenvalue weighted by molar-refractivity contribution is 0.418. The SMILES string of the molecule is O=S(=O)(NC1CCCCC1Cl)c1c(Cl)cccc1Br. The summed E-state index contributed by atoms with van der Waals surface area (Å²) in [5.74, 6) is 0. The van der Waals surface area contributed by atoms with Gasteiger partial charge < -0.3 is 0 Å². The molecule has 1 fully saturated rings. The third kappa shape index (κ3) is 3.64. The van der Waals surface area contributed by atoms with E-state index in [-0.39, 0.29) is 21.3 Å². The summed E-state index contributed by atoms with van der Waals surface area (Å²) in [6.07, 6.45) is 3.62. The lowest BCUT2D eigenvalue weighted by atomic mass is 9.96. The van der Waals surface area contributed by atoms with Crippen LogP contribution in [0.25, 0.3) is 0 Å². The molecule has 0 bridgehead atoms. The van der Waals surface area contributed by atoms with Gasteiger partial charge in [0.15, 0.2) is 0 Å². The van der Waals surface area contributed by atoms with Crippen molar-refractivity contribution in [3.63, 3.8) is 0 Å². The molecule has 0 saturated heterocycles. The van der Waals surface area contributed by atoms with Crippen LogP contribution < -0.4 is 4.72 Å². The molecule has 2 rings (SSSR count). The summed E-state index contributed by atoms with van der Waals surface area (Å²) in [4.78, 5) is 0.0751. The Morgan fingerprint density at radius 1 is 1.26 bits per heavy atom. The number of rotatable bonds is 3. The van der Waals surface area contributed by atoms with Gasteiger partial charge in [-0.15, -0.1) is 11.6 Å². The highest BCUT2D eigenvalue weighted by Crippen LogP contribution is 2.31. The molecule has 0 radical (unpaired) electrons. The van der Waals surface area contributed by atoms with Gasteiger partial charge in [-0.2, -0.15) is 0 Å². The van der Waals surface area contributed by atoms with Crippen molar-refractivity contribution in [3.8, 4) is 0 Å². The first-order valence-corrected chi connectivity index (χ1v) is 9.11. The number of halogens is 3. The maximum absolute atomic E-state index is 12.4. The van der Waals surface area contributed by atoms with Gasteiger partial charge in [0.2, 0.25) is 10.0 Å². The molecule has 19 heavy (non-hydrogen) atoms. The first kappa shape index (κ1) is 15.6. The van der Waals surface area contributed by atoms with E-state index < -0.39 is 10.0 Å². The second kappa shape index (κ2) is 6.31. The van der Waals surface area contributed by atoms with Crippen LogP contribution in [0.1, 0.15) is 25.7 Å². The van der Waals surface area contributed by atoms with Crippen molar-refractivity contribution < 1.29 is 8.42 Å². The largest absolute Gasteiger partial charge is 0.243 e. The van der Waals surface area contributed by atoms with Crippen molar-refractivity contribution in [2.45, 2.75) is 42.0 Å². The second-order valence-electron chi connectivity index (χ2n) is 4.58. The Bertz CT molecular complexity index is 545. The van der Waals surface area contributed by atoms with E-state index in [1.54, 1.807) is 18.2 Å². The van der Waals surface area contributed by atoms with Crippen LogP contribution in [-0.2, 0) is 10.0 Å². The minimum Gasteiger partial charge on any atom is -0.207 e. The van der Waals surface area contributed by atoms with Crippen LogP contribution in [0, 0.1) is 0 Å². The fraction of sp³-hybridized carbons (Fsp3) is 0.500. The molecule has 106 valence electrons. The highest BCUT2D eigenvalue weighted by Gasteiger charge is 2.30. The number of hydrogen-bond donors (Lipinski definition) is 1. The van der Waals surface area contributed by atoms with Crippen LogP contribution in [-0.4, -0.2) is 19.8 Å². The number of sulfonamides is 1. The van der Waals surface area contributed by atoms with E-state index in [1.165, 1.54) is 0 Å². The van der Waals surface area contributed by atoms with Crippen LogP contribution in [0.3, 0.4) is 0 Å². The quantitative estimate of drug-likeness (QED) is 0.800. The van der Waals surface area contributed by atoms with E-state index >= 15 is 0 Å². The van der Waals surface area contributed by atoms with Crippen molar-refractivity contribution in [1.82, 2.24) is 4.72 Å². The summed E-state index contributed by atoms with van der Waals surface area (Å²) < 4.78 is 27.9. The molecular formula is C12H14BrCl2NO2S. The molecule has 2 unspecified atom stereocenters. The summed E-state index contributed by atoms with van der Waals surface area (Å²) in [6.45, 7) is 0. The van der Waals surface area contributed by atoms with Gasteiger partial charge in [0.1, 0.15) is 4.90 Å². The molecule has 1 N–H and O–H groups in total. The normalized spacial score (nSPS) is 24.4. The summed E-state index contributed by atoms with van der Waals surface area (Å²) in [6, 6.07) is 4.67. The average molecular weight is 387 g/mol. The molecule has 1 aromatic carbocycles. The summed E-state index contributed by atoms with van der Waals surface area (Å²) in [5.41, 5.74) is 0. The molecule has 0 amide bonds. The zero-order valence-electron chi connectivity index (χ0n) is 10.1. The molecule has 7 heteroatoms. The third-order valence-corrected chi connectivity index (χ3v) is 6.64. The van der Waals surface area contributed by atoms with Gasteiger partial charge in [-0.25, -0.2) is 13.1 Å². The predicted octanol–water partition coefficient (Wildman–Crippen LogP) is 3.93. The lowest BCUT2D eigenvalue weighted by Gasteiger charge is -2.27. The van der Waals surface area contributed by atoms with E-state index in [1.807, 2.05) is 0 Å². The molecular weight excluding hydrogens is 373 g/mol. The van der Waals surface area contributed by atoms with Crippen LogP contribution in [0.4, 0.5) is 0 Å². The number of hydrogen-bond acceptors (Lipinski definition) is 2. The standard InChI is InChI=1S/C12H14BrCl2NO2S/c13-8-4-3-6-10(15)12(8)19(17,18)16-11-7-2-1-5-9(11)14/h3-4,6,9,11,16H,1-2,5,7H2. The fourth-order valence-corrected chi connectivity index (χ4v) is 5.68. The van der Waals surface area contributed by atoms with Gasteiger partial charge in [-0.05, 0) is 40.9 Å². The molecule has 0 heterocycles.